The molecule has 0 N–H and O–H groups in total. The maximum atomic E-state index is 12.1. The molecule has 6 heteroatoms. The summed E-state index contributed by atoms with van der Waals surface area (Å²) in [6.45, 7) is 6.95. The van der Waals surface area contributed by atoms with Crippen molar-refractivity contribution in [1.82, 2.24) is 9.78 Å². The largest absolute Gasteiger partial charge is 0.293 e. The van der Waals surface area contributed by atoms with Crippen LogP contribution < -0.4 is 0 Å². The zero-order valence-electron chi connectivity index (χ0n) is 12.1. The highest BCUT2D eigenvalue weighted by molar-refractivity contribution is 7.18. The van der Waals surface area contributed by atoms with Crippen molar-refractivity contribution in [3.8, 4) is 5.69 Å². The normalized spacial score (nSPS) is 10.4. The van der Waals surface area contributed by atoms with E-state index in [4.69, 9.17) is 18.2 Å². The Labute approximate surface area is 142 Å². The van der Waals surface area contributed by atoms with E-state index in [2.05, 4.69) is 9.94 Å². The van der Waals surface area contributed by atoms with Crippen molar-refractivity contribution in [2.75, 3.05) is 0 Å². The number of ketones is 1. The molecule has 23 heavy (non-hydrogen) atoms. The van der Waals surface area contributed by atoms with Gasteiger partial charge in [-0.1, -0.05) is 23.7 Å². The van der Waals surface area contributed by atoms with Gasteiger partial charge in [0.15, 0.2) is 11.5 Å². The lowest BCUT2D eigenvalue weighted by Gasteiger charge is -2.00. The molecule has 0 aliphatic heterocycles. The molecule has 0 fully saturated rings. The molecule has 3 rings (SSSR count). The number of hydrogen-bond acceptors (Lipinski definition) is 3. The van der Waals surface area contributed by atoms with Crippen LogP contribution in [0.2, 0.25) is 4.34 Å². The van der Waals surface area contributed by atoms with Gasteiger partial charge in [0.05, 0.1) is 27.7 Å². The molecule has 2 heterocycles. The Bertz CT molecular complexity index is 874. The lowest BCUT2D eigenvalue weighted by atomic mass is 10.1. The Kier molecular flexibility index (Phi) is 4.56. The third-order valence-corrected chi connectivity index (χ3v) is 4.64. The Balaban J connectivity index is 1.65. The number of carbonyl (C=O) groups excluding carboxylic acids is 1. The van der Waals surface area contributed by atoms with E-state index in [0.29, 0.717) is 27.7 Å². The number of thiophene rings is 1. The number of aromatic nitrogens is 2. The van der Waals surface area contributed by atoms with Crippen LogP contribution >= 0.6 is 22.9 Å². The molecular formula is C17H12ClN3OS. The van der Waals surface area contributed by atoms with E-state index in [1.54, 1.807) is 35.1 Å². The monoisotopic (exact) mass is 341 g/mol. The van der Waals surface area contributed by atoms with Gasteiger partial charge in [0.1, 0.15) is 0 Å². The summed E-state index contributed by atoms with van der Waals surface area (Å²) < 4.78 is 2.37. The quantitative estimate of drug-likeness (QED) is 0.486. The van der Waals surface area contributed by atoms with Crippen molar-refractivity contribution in [3.63, 3.8) is 0 Å². The van der Waals surface area contributed by atoms with E-state index in [-0.39, 0.29) is 5.78 Å². The van der Waals surface area contributed by atoms with Crippen LogP contribution in [0.4, 0.5) is 5.69 Å². The predicted octanol–water partition coefficient (Wildman–Crippen LogP) is 4.95. The van der Waals surface area contributed by atoms with E-state index in [9.17, 15) is 4.79 Å². The van der Waals surface area contributed by atoms with Gasteiger partial charge in [-0.3, -0.25) is 4.79 Å². The fourth-order valence-corrected chi connectivity index (χ4v) is 3.17. The summed E-state index contributed by atoms with van der Waals surface area (Å²) in [5.41, 5.74) is 2.48. The summed E-state index contributed by atoms with van der Waals surface area (Å²) in [6.07, 6.45) is 4.73. The summed E-state index contributed by atoms with van der Waals surface area (Å²) in [5.74, 6) is 0.0936. The molecule has 0 aliphatic rings. The number of aryl methyl sites for hydroxylation is 1. The number of halogens is 1. The molecule has 114 valence electrons. The minimum absolute atomic E-state index is 0.0936. The summed E-state index contributed by atoms with van der Waals surface area (Å²) in [4.78, 5) is 16.1. The van der Waals surface area contributed by atoms with Gasteiger partial charge < -0.3 is 0 Å². The first-order chi connectivity index (χ1) is 11.2. The molecule has 1 aromatic carbocycles. The minimum Gasteiger partial charge on any atom is -0.293 e. The van der Waals surface area contributed by atoms with Crippen molar-refractivity contribution in [2.45, 2.75) is 12.8 Å². The zero-order chi connectivity index (χ0) is 16.2. The van der Waals surface area contributed by atoms with Crippen LogP contribution in [0.1, 0.15) is 21.7 Å². The topological polar surface area (TPSA) is 39.2 Å². The van der Waals surface area contributed by atoms with Crippen molar-refractivity contribution < 1.29 is 4.79 Å². The van der Waals surface area contributed by atoms with Crippen molar-refractivity contribution in [2.24, 2.45) is 0 Å². The lowest BCUT2D eigenvalue weighted by Crippen LogP contribution is -1.98. The third kappa shape index (κ3) is 3.67. The second-order valence-corrected chi connectivity index (χ2v) is 6.66. The number of hydrogen-bond donors (Lipinski definition) is 0. The maximum Gasteiger partial charge on any atom is 0.187 e. The average Bonchev–Trinajstić information content (AvgIpc) is 3.22. The molecule has 0 saturated heterocycles. The van der Waals surface area contributed by atoms with E-state index < -0.39 is 0 Å². The standard InChI is InChI=1S/C17H12ClN3OS/c1-19-13-3-5-14(6-4-13)21-11-12(10-20-21)2-7-15(22)16-8-9-17(18)23-16/h3-6,8-11H,2,7H2. The van der Waals surface area contributed by atoms with Crippen LogP contribution in [0.3, 0.4) is 0 Å². The van der Waals surface area contributed by atoms with Gasteiger partial charge in [0, 0.05) is 12.6 Å². The number of benzene rings is 1. The molecule has 0 unspecified atom stereocenters. The molecule has 0 amide bonds. The molecule has 0 spiro atoms. The van der Waals surface area contributed by atoms with Crippen molar-refractivity contribution in [3.05, 3.63) is 75.0 Å². The molecule has 0 saturated carbocycles. The van der Waals surface area contributed by atoms with Gasteiger partial charge in [0.25, 0.3) is 0 Å². The Morgan fingerprint density at radius 3 is 2.70 bits per heavy atom. The summed E-state index contributed by atoms with van der Waals surface area (Å²) in [7, 11) is 0. The van der Waals surface area contributed by atoms with Gasteiger partial charge in [0.2, 0.25) is 0 Å². The molecule has 0 aliphatic carbocycles. The highest BCUT2D eigenvalue weighted by atomic mass is 35.5. The number of rotatable bonds is 5. The molecule has 0 atom stereocenters. The second kappa shape index (κ2) is 6.78. The Morgan fingerprint density at radius 2 is 2.04 bits per heavy atom. The molecule has 3 aromatic rings. The second-order valence-electron chi connectivity index (χ2n) is 4.95. The average molecular weight is 342 g/mol. The highest BCUT2D eigenvalue weighted by Crippen LogP contribution is 2.23. The Hall–Kier alpha value is -2.42. The van der Waals surface area contributed by atoms with E-state index in [0.717, 1.165) is 11.3 Å². The Morgan fingerprint density at radius 1 is 1.26 bits per heavy atom. The molecule has 0 bridgehead atoms. The molecule has 4 nitrogen and oxygen atoms in total. The molecule has 0 radical (unpaired) electrons. The third-order valence-electron chi connectivity index (χ3n) is 3.37. The molecular weight excluding hydrogens is 330 g/mol. The van der Waals surface area contributed by atoms with E-state index >= 15 is 0 Å². The van der Waals surface area contributed by atoms with Crippen molar-refractivity contribution >= 4 is 34.4 Å². The van der Waals surface area contributed by atoms with Crippen LogP contribution in [0.5, 0.6) is 0 Å². The zero-order valence-corrected chi connectivity index (χ0v) is 13.6. The van der Waals surface area contributed by atoms with Crippen LogP contribution in [-0.2, 0) is 6.42 Å². The van der Waals surface area contributed by atoms with Crippen LogP contribution in [-0.4, -0.2) is 15.6 Å². The summed E-state index contributed by atoms with van der Waals surface area (Å²) >= 11 is 7.16. The number of Topliss-reactive ketones (excluding diaryl/α,β-unsaturated/α-hetero) is 1. The van der Waals surface area contributed by atoms with Gasteiger partial charge >= 0.3 is 0 Å². The first-order valence-corrected chi connectivity index (χ1v) is 8.15. The number of carbonyl (C=O) groups is 1. The highest BCUT2D eigenvalue weighted by Gasteiger charge is 2.10. The SMILES string of the molecule is [C-]#[N+]c1ccc(-n2cc(CCC(=O)c3ccc(Cl)s3)cn2)cc1. The first kappa shape index (κ1) is 15.5. The van der Waals surface area contributed by atoms with Crippen LogP contribution in [0.15, 0.2) is 48.8 Å². The van der Waals surface area contributed by atoms with Crippen LogP contribution in [0.25, 0.3) is 10.5 Å². The predicted molar refractivity (Wildman–Crippen MR) is 91.8 cm³/mol. The summed E-state index contributed by atoms with van der Waals surface area (Å²) in [5, 5.41) is 4.31. The van der Waals surface area contributed by atoms with E-state index in [1.807, 2.05) is 18.3 Å². The maximum absolute atomic E-state index is 12.1. The molecule has 2 aromatic heterocycles. The first-order valence-electron chi connectivity index (χ1n) is 6.96. The van der Waals surface area contributed by atoms with Crippen LogP contribution in [0, 0.1) is 6.57 Å². The van der Waals surface area contributed by atoms with Crippen molar-refractivity contribution in [1.29, 1.82) is 0 Å². The van der Waals surface area contributed by atoms with Gasteiger partial charge in [-0.2, -0.15) is 5.10 Å². The number of nitrogens with zero attached hydrogens (tertiary/aromatic N) is 3. The summed E-state index contributed by atoms with van der Waals surface area (Å²) in [6, 6.07) is 10.7. The van der Waals surface area contributed by atoms with Gasteiger partial charge in [-0.05, 0) is 36.2 Å². The minimum atomic E-state index is 0.0936. The lowest BCUT2D eigenvalue weighted by molar-refractivity contribution is 0.0987. The van der Waals surface area contributed by atoms with E-state index in [1.165, 1.54) is 11.3 Å². The fraction of sp³-hybridized carbons (Fsp3) is 0.118. The van der Waals surface area contributed by atoms with Gasteiger partial charge in [-0.15, -0.1) is 11.3 Å². The fourth-order valence-electron chi connectivity index (χ4n) is 2.16. The smallest absolute Gasteiger partial charge is 0.187 e. The van der Waals surface area contributed by atoms with Gasteiger partial charge in [-0.25, -0.2) is 9.53 Å².